The summed E-state index contributed by atoms with van der Waals surface area (Å²) in [6, 6.07) is 3.28. The molecule has 2 atom stereocenters. The highest BCUT2D eigenvalue weighted by atomic mass is 32.2. The maximum Gasteiger partial charge on any atom is 0.308 e. The van der Waals surface area contributed by atoms with Crippen molar-refractivity contribution in [3.63, 3.8) is 0 Å². The Bertz CT molecular complexity index is 607. The first-order chi connectivity index (χ1) is 8.96. The van der Waals surface area contributed by atoms with Crippen molar-refractivity contribution in [1.82, 2.24) is 4.31 Å². The number of carbonyl (C=O) groups is 1. The zero-order chi connectivity index (χ0) is 13.6. The maximum atomic E-state index is 12.5. The van der Waals surface area contributed by atoms with Gasteiger partial charge in [0.05, 0.1) is 6.42 Å². The van der Waals surface area contributed by atoms with Gasteiger partial charge in [0, 0.05) is 17.5 Å². The zero-order valence-electron chi connectivity index (χ0n) is 10.3. The molecule has 1 aromatic rings. The first-order valence-electron chi connectivity index (χ1n) is 6.29. The molecule has 3 rings (SSSR count). The highest BCUT2D eigenvalue weighted by Crippen LogP contribution is 2.41. The van der Waals surface area contributed by atoms with Gasteiger partial charge < -0.3 is 5.11 Å². The molecule has 2 aliphatic rings. The Hall–Kier alpha value is -0.920. The Balaban J connectivity index is 1.84. The molecular weight excluding hydrogens is 286 g/mol. The molecule has 0 spiro atoms. The SMILES string of the molecule is O=C(O)Cc1ccc(S(=O)(=O)N2CC3CCC2C3)s1. The number of carboxylic acids is 1. The molecule has 7 heteroatoms. The molecule has 2 heterocycles. The average molecular weight is 301 g/mol. The fraction of sp³-hybridized carbons (Fsp3) is 0.583. The minimum atomic E-state index is -3.43. The number of rotatable bonds is 4. The van der Waals surface area contributed by atoms with E-state index >= 15 is 0 Å². The summed E-state index contributed by atoms with van der Waals surface area (Å²) in [6.07, 6.45) is 2.95. The van der Waals surface area contributed by atoms with Gasteiger partial charge in [0.1, 0.15) is 4.21 Å². The number of carboxylic acid groups (broad SMARTS) is 1. The quantitative estimate of drug-likeness (QED) is 0.915. The molecule has 2 unspecified atom stereocenters. The molecule has 104 valence electrons. The first kappa shape index (κ1) is 13.1. The van der Waals surface area contributed by atoms with E-state index in [-0.39, 0.29) is 16.7 Å². The first-order valence-corrected chi connectivity index (χ1v) is 8.55. The number of hydrogen-bond donors (Lipinski definition) is 1. The lowest BCUT2D eigenvalue weighted by Gasteiger charge is -2.25. The molecule has 1 N–H and O–H groups in total. The van der Waals surface area contributed by atoms with Gasteiger partial charge in [-0.05, 0) is 37.3 Å². The van der Waals surface area contributed by atoms with Gasteiger partial charge in [-0.2, -0.15) is 4.31 Å². The van der Waals surface area contributed by atoms with Crippen LogP contribution in [0.4, 0.5) is 0 Å². The van der Waals surface area contributed by atoms with Crippen molar-refractivity contribution in [2.75, 3.05) is 6.54 Å². The molecule has 5 nitrogen and oxygen atoms in total. The second kappa shape index (κ2) is 4.57. The Labute approximate surface area is 115 Å². The normalized spacial score (nSPS) is 26.9. The van der Waals surface area contributed by atoms with Crippen molar-refractivity contribution in [3.8, 4) is 0 Å². The summed E-state index contributed by atoms with van der Waals surface area (Å²) in [5.74, 6) is -0.427. The summed E-state index contributed by atoms with van der Waals surface area (Å²) in [4.78, 5) is 11.2. The van der Waals surface area contributed by atoms with Crippen molar-refractivity contribution in [2.24, 2.45) is 5.92 Å². The molecule has 1 aliphatic carbocycles. The molecule has 0 aromatic carbocycles. The van der Waals surface area contributed by atoms with Crippen molar-refractivity contribution in [1.29, 1.82) is 0 Å². The van der Waals surface area contributed by atoms with Gasteiger partial charge in [-0.25, -0.2) is 8.42 Å². The molecule has 1 saturated heterocycles. The van der Waals surface area contributed by atoms with Crippen molar-refractivity contribution in [2.45, 2.75) is 35.9 Å². The number of thiophene rings is 1. The number of hydrogen-bond acceptors (Lipinski definition) is 4. The van der Waals surface area contributed by atoms with Gasteiger partial charge in [-0.15, -0.1) is 11.3 Å². The summed E-state index contributed by atoms with van der Waals surface area (Å²) >= 11 is 1.07. The zero-order valence-corrected chi connectivity index (χ0v) is 11.9. The van der Waals surface area contributed by atoms with E-state index in [0.29, 0.717) is 17.3 Å². The molecule has 19 heavy (non-hydrogen) atoms. The van der Waals surface area contributed by atoms with E-state index in [1.165, 1.54) is 6.07 Å². The Kier molecular flexibility index (Phi) is 3.15. The summed E-state index contributed by atoms with van der Waals surface area (Å²) in [7, 11) is -3.43. The summed E-state index contributed by atoms with van der Waals surface area (Å²) in [6.45, 7) is 0.624. The second-order valence-corrected chi connectivity index (χ2v) is 8.48. The maximum absolute atomic E-state index is 12.5. The molecule has 1 aromatic heterocycles. The van der Waals surface area contributed by atoms with E-state index in [4.69, 9.17) is 5.11 Å². The second-order valence-electron chi connectivity index (χ2n) is 5.20. The van der Waals surface area contributed by atoms with Crippen LogP contribution in [0.5, 0.6) is 0 Å². The van der Waals surface area contributed by atoms with Crippen LogP contribution >= 0.6 is 11.3 Å². The fourth-order valence-corrected chi connectivity index (χ4v) is 6.25. The van der Waals surface area contributed by atoms with Crippen LogP contribution in [0.15, 0.2) is 16.3 Å². The van der Waals surface area contributed by atoms with E-state index in [9.17, 15) is 13.2 Å². The molecule has 1 saturated carbocycles. The summed E-state index contributed by atoms with van der Waals surface area (Å²) in [5.41, 5.74) is 0. The van der Waals surface area contributed by atoms with Gasteiger partial charge >= 0.3 is 5.97 Å². The number of aliphatic carboxylic acids is 1. The van der Waals surface area contributed by atoms with Crippen LogP contribution in [0.2, 0.25) is 0 Å². The van der Waals surface area contributed by atoms with Gasteiger partial charge in [0.25, 0.3) is 10.0 Å². The molecular formula is C12H15NO4S2. The third kappa shape index (κ3) is 2.30. The molecule has 2 bridgehead atoms. The van der Waals surface area contributed by atoms with E-state index in [0.717, 1.165) is 30.6 Å². The van der Waals surface area contributed by atoms with Crippen LogP contribution < -0.4 is 0 Å². The van der Waals surface area contributed by atoms with Gasteiger partial charge in [0.15, 0.2) is 0 Å². The Morgan fingerprint density at radius 1 is 1.42 bits per heavy atom. The van der Waals surface area contributed by atoms with Crippen LogP contribution in [0, 0.1) is 5.92 Å². The van der Waals surface area contributed by atoms with E-state index in [1.807, 2.05) is 0 Å². The number of fused-ring (bicyclic) bond motifs is 2. The van der Waals surface area contributed by atoms with Gasteiger partial charge in [-0.1, -0.05) is 0 Å². The largest absolute Gasteiger partial charge is 0.481 e. The van der Waals surface area contributed by atoms with Gasteiger partial charge in [0.2, 0.25) is 0 Å². The van der Waals surface area contributed by atoms with Crippen molar-refractivity contribution < 1.29 is 18.3 Å². The highest BCUT2D eigenvalue weighted by molar-refractivity contribution is 7.91. The van der Waals surface area contributed by atoms with E-state index in [1.54, 1.807) is 10.4 Å². The lowest BCUT2D eigenvalue weighted by Crippen LogP contribution is -2.37. The monoisotopic (exact) mass is 301 g/mol. The Morgan fingerprint density at radius 3 is 2.79 bits per heavy atom. The third-order valence-electron chi connectivity index (χ3n) is 3.88. The van der Waals surface area contributed by atoms with Crippen LogP contribution in [0.1, 0.15) is 24.1 Å². The Morgan fingerprint density at radius 2 is 2.21 bits per heavy atom. The number of nitrogens with zero attached hydrogens (tertiary/aromatic N) is 1. The number of piperidine rings is 1. The predicted octanol–water partition coefficient (Wildman–Crippen LogP) is 1.55. The molecule has 0 amide bonds. The van der Waals surface area contributed by atoms with Crippen LogP contribution in [0.25, 0.3) is 0 Å². The molecule has 0 radical (unpaired) electrons. The minimum Gasteiger partial charge on any atom is -0.481 e. The third-order valence-corrected chi connectivity index (χ3v) is 7.36. The summed E-state index contributed by atoms with van der Waals surface area (Å²) in [5, 5.41) is 8.72. The number of sulfonamides is 1. The molecule has 1 aliphatic heterocycles. The van der Waals surface area contributed by atoms with Crippen LogP contribution in [0.3, 0.4) is 0 Å². The van der Waals surface area contributed by atoms with Crippen molar-refractivity contribution >= 4 is 27.3 Å². The van der Waals surface area contributed by atoms with E-state index < -0.39 is 16.0 Å². The summed E-state index contributed by atoms with van der Waals surface area (Å²) < 4.78 is 26.9. The van der Waals surface area contributed by atoms with Crippen LogP contribution in [-0.4, -0.2) is 36.4 Å². The van der Waals surface area contributed by atoms with Crippen LogP contribution in [-0.2, 0) is 21.2 Å². The lowest BCUT2D eigenvalue weighted by atomic mass is 10.1. The van der Waals surface area contributed by atoms with Gasteiger partial charge in [-0.3, -0.25) is 4.79 Å². The van der Waals surface area contributed by atoms with Crippen molar-refractivity contribution in [3.05, 3.63) is 17.0 Å². The van der Waals surface area contributed by atoms with E-state index in [2.05, 4.69) is 0 Å². The molecule has 2 fully saturated rings. The highest BCUT2D eigenvalue weighted by Gasteiger charge is 2.44. The standard InChI is InChI=1S/C12H15NO4S2/c14-11(15)6-10-3-4-12(18-10)19(16,17)13-7-8-1-2-9(13)5-8/h3-4,8-9H,1-2,5-7H2,(H,14,15). The average Bonchev–Trinajstić information content (AvgIpc) is 3.02. The predicted molar refractivity (Wildman–Crippen MR) is 70.7 cm³/mol. The fourth-order valence-electron chi connectivity index (χ4n) is 3.03. The topological polar surface area (TPSA) is 74.7 Å². The smallest absolute Gasteiger partial charge is 0.308 e. The minimum absolute atomic E-state index is 0.119. The lowest BCUT2D eigenvalue weighted by molar-refractivity contribution is -0.136.